The zero-order chi connectivity index (χ0) is 45.1. The predicted octanol–water partition coefficient (Wildman–Crippen LogP) is 4.00. The SMILES string of the molecule is CCCC(NC(=O)[C@@H]1[C@H]2CCC[C@H]2CN1C(=O)[C@@H](NC(=O)[C@@H](NC(=O)CCCCc1nnn(C(C)(C)c2ccccc2)n1)C(C)C)C(C)C)C(O)C(=O)N[C@@H](C)c1ccncc1. The van der Waals surface area contributed by atoms with Gasteiger partial charge >= 0.3 is 0 Å². The Balaban J connectivity index is 1.18. The lowest BCUT2D eigenvalue weighted by Gasteiger charge is -2.34. The maximum atomic E-state index is 14.5. The molecule has 1 aromatic carbocycles. The number of likely N-dealkylation sites (tertiary alicyclic amines) is 1. The number of nitrogens with one attached hydrogen (secondary N) is 4. The van der Waals surface area contributed by atoms with Crippen molar-refractivity contribution in [2.45, 2.75) is 155 Å². The highest BCUT2D eigenvalue weighted by Crippen LogP contribution is 2.43. The van der Waals surface area contributed by atoms with Crippen molar-refractivity contribution in [1.29, 1.82) is 0 Å². The Hall–Kier alpha value is -5.25. The van der Waals surface area contributed by atoms with Crippen LogP contribution in [0.2, 0.25) is 0 Å². The van der Waals surface area contributed by atoms with Crippen LogP contribution >= 0.6 is 0 Å². The average Bonchev–Trinajstić information content (AvgIpc) is 4.01. The van der Waals surface area contributed by atoms with Crippen molar-refractivity contribution >= 4 is 29.5 Å². The summed E-state index contributed by atoms with van der Waals surface area (Å²) in [6.45, 7) is 15.5. The Morgan fingerprint density at radius 1 is 0.855 bits per heavy atom. The Labute approximate surface area is 366 Å². The van der Waals surface area contributed by atoms with Crippen LogP contribution in [0.5, 0.6) is 0 Å². The number of nitrogens with zero attached hydrogens (tertiary/aromatic N) is 6. The number of pyridine rings is 1. The van der Waals surface area contributed by atoms with Crippen LogP contribution in [0.15, 0.2) is 54.9 Å². The number of fused-ring (bicyclic) bond motifs is 1. The van der Waals surface area contributed by atoms with Crippen LogP contribution in [0.4, 0.5) is 0 Å². The van der Waals surface area contributed by atoms with Crippen LogP contribution in [0.1, 0.15) is 130 Å². The third kappa shape index (κ3) is 11.8. The molecule has 8 atom stereocenters. The fourth-order valence-corrected chi connectivity index (χ4v) is 8.80. The van der Waals surface area contributed by atoms with Crippen LogP contribution in [0.3, 0.4) is 0 Å². The molecule has 2 unspecified atom stereocenters. The van der Waals surface area contributed by atoms with Crippen molar-refractivity contribution in [1.82, 2.24) is 51.4 Å². The molecule has 5 N–H and O–H groups in total. The van der Waals surface area contributed by atoms with E-state index in [1.54, 1.807) is 41.1 Å². The van der Waals surface area contributed by atoms with E-state index >= 15 is 0 Å². The standard InChI is InChI=1S/C46H68N10O6/c1-9-16-35(41(58)44(61)48-30(6)31-23-25-47-26-24-31)49-43(60)40-34-20-15-17-32(34)27-55(40)45(62)39(29(4)5)51-42(59)38(28(2)3)50-37(57)22-14-13-21-36-52-54-56(53-36)46(7,8)33-18-11-10-12-19-33/h10-12,18-19,23-26,28-30,32,34-35,38-41,58H,9,13-17,20-22,27H2,1-8H3,(H,48,61)(H,49,60)(H,50,57)(H,51,59)/t30-,32-,34-,35?,38-,39-,40-,41?/m0/s1. The van der Waals surface area contributed by atoms with Crippen LogP contribution in [-0.2, 0) is 35.9 Å². The molecular formula is C46H68N10O6. The Kier molecular flexibility index (Phi) is 16.7. The molecule has 0 bridgehead atoms. The van der Waals surface area contributed by atoms with Crippen LogP contribution in [0, 0.1) is 23.7 Å². The van der Waals surface area contributed by atoms with E-state index in [-0.39, 0.29) is 41.9 Å². The number of unbranched alkanes of at least 4 members (excludes halogenated alkanes) is 1. The number of hydrogen-bond donors (Lipinski definition) is 5. The van der Waals surface area contributed by atoms with Crippen molar-refractivity contribution in [3.05, 3.63) is 71.8 Å². The molecule has 0 spiro atoms. The first-order chi connectivity index (χ1) is 29.5. The molecule has 1 saturated carbocycles. The molecule has 1 aliphatic heterocycles. The topological polar surface area (TPSA) is 213 Å². The molecule has 16 nitrogen and oxygen atoms in total. The van der Waals surface area contributed by atoms with E-state index in [4.69, 9.17) is 0 Å². The number of hydrogen-bond acceptors (Lipinski definition) is 10. The monoisotopic (exact) mass is 857 g/mol. The molecule has 2 aromatic heterocycles. The number of carbonyl (C=O) groups is 5. The largest absolute Gasteiger partial charge is 0.381 e. The molecule has 16 heteroatoms. The van der Waals surface area contributed by atoms with Gasteiger partial charge in [0, 0.05) is 31.8 Å². The smallest absolute Gasteiger partial charge is 0.251 e. The molecule has 5 amide bonds. The van der Waals surface area contributed by atoms with Gasteiger partial charge in [0.15, 0.2) is 11.9 Å². The molecule has 1 aliphatic carbocycles. The van der Waals surface area contributed by atoms with E-state index in [9.17, 15) is 29.1 Å². The second kappa shape index (κ2) is 21.7. The molecule has 3 heterocycles. The summed E-state index contributed by atoms with van der Waals surface area (Å²) in [5, 5.41) is 36.0. The van der Waals surface area contributed by atoms with Gasteiger partial charge in [0.25, 0.3) is 5.91 Å². The normalized spacial score (nSPS) is 19.9. The molecule has 1 saturated heterocycles. The highest BCUT2D eigenvalue weighted by atomic mass is 16.3. The fourth-order valence-electron chi connectivity index (χ4n) is 8.80. The second-order valence-electron chi connectivity index (χ2n) is 18.3. The predicted molar refractivity (Wildman–Crippen MR) is 234 cm³/mol. The van der Waals surface area contributed by atoms with Gasteiger partial charge in [0.1, 0.15) is 23.7 Å². The van der Waals surface area contributed by atoms with Gasteiger partial charge in [0.2, 0.25) is 23.6 Å². The maximum Gasteiger partial charge on any atom is 0.251 e. The van der Waals surface area contributed by atoms with Crippen molar-refractivity contribution in [3.63, 3.8) is 0 Å². The minimum Gasteiger partial charge on any atom is -0.381 e. The van der Waals surface area contributed by atoms with Gasteiger partial charge in [-0.1, -0.05) is 77.8 Å². The van der Waals surface area contributed by atoms with Gasteiger partial charge in [-0.25, -0.2) is 0 Å². The first kappa shape index (κ1) is 47.8. The molecule has 3 aromatic rings. The minimum atomic E-state index is -1.52. The number of amides is 5. The summed E-state index contributed by atoms with van der Waals surface area (Å²) in [5.74, 6) is -2.13. The Morgan fingerprint density at radius 2 is 1.55 bits per heavy atom. The molecule has 5 rings (SSSR count). The summed E-state index contributed by atoms with van der Waals surface area (Å²) in [5.41, 5.74) is 1.40. The summed E-state index contributed by atoms with van der Waals surface area (Å²) in [6.07, 6.45) is 7.19. The molecule has 2 aliphatic rings. The number of tetrazole rings is 1. The molecule has 62 heavy (non-hydrogen) atoms. The van der Waals surface area contributed by atoms with E-state index in [1.807, 2.05) is 78.8 Å². The lowest BCUT2D eigenvalue weighted by molar-refractivity contribution is -0.144. The number of carbonyl (C=O) groups excluding carboxylic acids is 5. The summed E-state index contributed by atoms with van der Waals surface area (Å²) in [7, 11) is 0. The highest BCUT2D eigenvalue weighted by Gasteiger charge is 2.51. The number of aliphatic hydroxyl groups excluding tert-OH is 1. The fraction of sp³-hybridized carbons (Fsp3) is 0.630. The van der Waals surface area contributed by atoms with Crippen molar-refractivity contribution in [3.8, 4) is 0 Å². The summed E-state index contributed by atoms with van der Waals surface area (Å²) >= 11 is 0. The van der Waals surface area contributed by atoms with E-state index in [2.05, 4.69) is 41.7 Å². The summed E-state index contributed by atoms with van der Waals surface area (Å²) < 4.78 is 0. The number of aliphatic hydroxyl groups is 1. The van der Waals surface area contributed by atoms with Crippen molar-refractivity contribution < 1.29 is 29.1 Å². The summed E-state index contributed by atoms with van der Waals surface area (Å²) in [6, 6.07) is 9.58. The lowest BCUT2D eigenvalue weighted by Crippen LogP contribution is -2.60. The van der Waals surface area contributed by atoms with Crippen LogP contribution in [-0.4, -0.2) is 102 Å². The van der Waals surface area contributed by atoms with Gasteiger partial charge in [-0.05, 0) is 105 Å². The van der Waals surface area contributed by atoms with Gasteiger partial charge in [-0.2, -0.15) is 4.80 Å². The minimum absolute atomic E-state index is 0.0889. The van der Waals surface area contributed by atoms with Crippen LogP contribution in [0.25, 0.3) is 0 Å². The van der Waals surface area contributed by atoms with Crippen LogP contribution < -0.4 is 21.3 Å². The Bertz CT molecular complexity index is 1960. The van der Waals surface area contributed by atoms with Crippen molar-refractivity contribution in [2.24, 2.45) is 23.7 Å². The quantitative estimate of drug-likeness (QED) is 0.0972. The van der Waals surface area contributed by atoms with Gasteiger partial charge < -0.3 is 31.3 Å². The highest BCUT2D eigenvalue weighted by molar-refractivity contribution is 5.95. The van der Waals surface area contributed by atoms with E-state index in [1.165, 1.54) is 0 Å². The molecule has 338 valence electrons. The average molecular weight is 857 g/mol. The van der Waals surface area contributed by atoms with Gasteiger partial charge in [-0.3, -0.25) is 29.0 Å². The number of benzene rings is 1. The summed E-state index contributed by atoms with van der Waals surface area (Å²) in [4.78, 5) is 76.4. The maximum absolute atomic E-state index is 14.5. The van der Waals surface area contributed by atoms with E-state index in [0.717, 1.165) is 30.4 Å². The van der Waals surface area contributed by atoms with Crippen molar-refractivity contribution in [2.75, 3.05) is 6.54 Å². The number of rotatable bonds is 21. The third-order valence-electron chi connectivity index (χ3n) is 12.6. The van der Waals surface area contributed by atoms with E-state index < -0.39 is 59.6 Å². The molecular weight excluding hydrogens is 789 g/mol. The first-order valence-electron chi connectivity index (χ1n) is 22.5. The Morgan fingerprint density at radius 3 is 2.21 bits per heavy atom. The first-order valence-corrected chi connectivity index (χ1v) is 22.5. The number of aromatic nitrogens is 5. The molecule has 2 fully saturated rings. The lowest BCUT2D eigenvalue weighted by atomic mass is 9.92. The zero-order valence-electron chi connectivity index (χ0n) is 37.7. The zero-order valence-corrected chi connectivity index (χ0v) is 37.7. The molecule has 0 radical (unpaired) electrons. The van der Waals surface area contributed by atoms with Gasteiger partial charge in [-0.15, -0.1) is 10.2 Å². The third-order valence-corrected chi connectivity index (χ3v) is 12.6. The number of aryl methyl sites for hydroxylation is 1. The van der Waals surface area contributed by atoms with Gasteiger partial charge in [0.05, 0.1) is 12.1 Å². The van der Waals surface area contributed by atoms with E-state index in [0.29, 0.717) is 44.5 Å². The second-order valence-corrected chi connectivity index (χ2v) is 18.3.